The molecule has 0 bridgehead atoms. The van der Waals surface area contributed by atoms with E-state index in [4.69, 9.17) is 0 Å². The predicted octanol–water partition coefficient (Wildman–Crippen LogP) is 2.31. The van der Waals surface area contributed by atoms with Crippen LogP contribution in [0.15, 0.2) is 6.20 Å². The molecular formula is C13H26N4. The zero-order chi connectivity index (χ0) is 12.5. The van der Waals surface area contributed by atoms with Gasteiger partial charge in [-0.05, 0) is 38.6 Å². The van der Waals surface area contributed by atoms with Gasteiger partial charge in [-0.3, -0.25) is 4.68 Å². The van der Waals surface area contributed by atoms with E-state index in [9.17, 15) is 0 Å². The highest BCUT2D eigenvalue weighted by Crippen LogP contribution is 2.08. The van der Waals surface area contributed by atoms with Crippen molar-refractivity contribution in [3.05, 3.63) is 11.9 Å². The van der Waals surface area contributed by atoms with E-state index >= 15 is 0 Å². The summed E-state index contributed by atoms with van der Waals surface area (Å²) < 4.78 is 1.77. The molecule has 0 spiro atoms. The maximum Gasteiger partial charge on any atom is 0.0827 e. The first-order valence-corrected chi connectivity index (χ1v) is 6.84. The van der Waals surface area contributed by atoms with Crippen LogP contribution in [-0.4, -0.2) is 27.6 Å². The zero-order valence-electron chi connectivity index (χ0n) is 11.4. The van der Waals surface area contributed by atoms with E-state index in [0.717, 1.165) is 18.7 Å². The molecule has 1 aromatic heterocycles. The lowest BCUT2D eigenvalue weighted by Crippen LogP contribution is -2.29. The number of aromatic nitrogens is 3. The van der Waals surface area contributed by atoms with Crippen molar-refractivity contribution in [1.29, 1.82) is 0 Å². The lowest BCUT2D eigenvalue weighted by molar-refractivity contribution is 0.437. The van der Waals surface area contributed by atoms with Gasteiger partial charge in [-0.25, -0.2) is 0 Å². The lowest BCUT2D eigenvalue weighted by Gasteiger charge is -2.17. The minimum Gasteiger partial charge on any atom is -0.314 e. The topological polar surface area (TPSA) is 42.7 Å². The minimum atomic E-state index is 0.677. The Hall–Kier alpha value is -0.900. The third kappa shape index (κ3) is 5.82. The summed E-state index contributed by atoms with van der Waals surface area (Å²) in [4.78, 5) is 0. The van der Waals surface area contributed by atoms with Crippen LogP contribution < -0.4 is 5.32 Å². The molecule has 98 valence electrons. The predicted molar refractivity (Wildman–Crippen MR) is 70.9 cm³/mol. The van der Waals surface area contributed by atoms with Crippen LogP contribution in [0.25, 0.3) is 0 Å². The van der Waals surface area contributed by atoms with Gasteiger partial charge in [-0.2, -0.15) is 0 Å². The van der Waals surface area contributed by atoms with Crippen molar-refractivity contribution < 1.29 is 0 Å². The SMILES string of the molecule is CCCNC(CCC)CCCc1cn(C)nn1. The van der Waals surface area contributed by atoms with Gasteiger partial charge in [-0.15, -0.1) is 5.10 Å². The van der Waals surface area contributed by atoms with E-state index in [1.54, 1.807) is 4.68 Å². The average molecular weight is 238 g/mol. The molecule has 0 saturated carbocycles. The van der Waals surface area contributed by atoms with Gasteiger partial charge < -0.3 is 5.32 Å². The molecule has 1 rings (SSSR count). The van der Waals surface area contributed by atoms with Gasteiger partial charge in [0.05, 0.1) is 5.69 Å². The summed E-state index contributed by atoms with van der Waals surface area (Å²) in [5.41, 5.74) is 1.11. The summed E-state index contributed by atoms with van der Waals surface area (Å²) in [5.74, 6) is 0. The van der Waals surface area contributed by atoms with Crippen LogP contribution in [0, 0.1) is 0 Å². The van der Waals surface area contributed by atoms with Crippen LogP contribution >= 0.6 is 0 Å². The number of nitrogens with zero attached hydrogens (tertiary/aromatic N) is 3. The molecule has 4 heteroatoms. The van der Waals surface area contributed by atoms with Crippen molar-refractivity contribution >= 4 is 0 Å². The van der Waals surface area contributed by atoms with Crippen LogP contribution in [0.2, 0.25) is 0 Å². The highest BCUT2D eigenvalue weighted by molar-refractivity contribution is 4.91. The van der Waals surface area contributed by atoms with Gasteiger partial charge in [0, 0.05) is 19.3 Å². The zero-order valence-corrected chi connectivity index (χ0v) is 11.4. The second-order valence-electron chi connectivity index (χ2n) is 4.72. The number of aryl methyl sites for hydroxylation is 2. The summed E-state index contributed by atoms with van der Waals surface area (Å²) >= 11 is 0. The van der Waals surface area contributed by atoms with E-state index in [1.165, 1.54) is 32.1 Å². The summed E-state index contributed by atoms with van der Waals surface area (Å²) in [6, 6.07) is 0.677. The van der Waals surface area contributed by atoms with Gasteiger partial charge in [0.2, 0.25) is 0 Å². The van der Waals surface area contributed by atoms with E-state index in [0.29, 0.717) is 6.04 Å². The van der Waals surface area contributed by atoms with Gasteiger partial charge in [0.25, 0.3) is 0 Å². The Morgan fingerprint density at radius 2 is 2.12 bits per heavy atom. The van der Waals surface area contributed by atoms with Crippen molar-refractivity contribution in [2.45, 2.75) is 58.4 Å². The maximum absolute atomic E-state index is 4.11. The molecule has 0 aromatic carbocycles. The van der Waals surface area contributed by atoms with E-state index in [1.807, 2.05) is 13.2 Å². The maximum atomic E-state index is 4.11. The molecular weight excluding hydrogens is 212 g/mol. The second-order valence-corrected chi connectivity index (χ2v) is 4.72. The molecule has 4 nitrogen and oxygen atoms in total. The van der Waals surface area contributed by atoms with Crippen molar-refractivity contribution in [2.75, 3.05) is 6.54 Å². The van der Waals surface area contributed by atoms with Crippen LogP contribution in [-0.2, 0) is 13.5 Å². The Morgan fingerprint density at radius 3 is 2.71 bits per heavy atom. The number of nitrogens with one attached hydrogen (secondary N) is 1. The molecule has 17 heavy (non-hydrogen) atoms. The highest BCUT2D eigenvalue weighted by atomic mass is 15.4. The molecule has 1 heterocycles. The second kappa shape index (κ2) is 8.23. The summed E-state index contributed by atoms with van der Waals surface area (Å²) in [7, 11) is 1.92. The third-order valence-corrected chi connectivity index (χ3v) is 2.96. The fourth-order valence-electron chi connectivity index (χ4n) is 2.08. The summed E-state index contributed by atoms with van der Waals surface area (Å²) in [6.07, 6.45) is 9.23. The van der Waals surface area contributed by atoms with E-state index in [-0.39, 0.29) is 0 Å². The van der Waals surface area contributed by atoms with Crippen molar-refractivity contribution in [3.63, 3.8) is 0 Å². The number of hydrogen-bond acceptors (Lipinski definition) is 3. The molecule has 1 aromatic rings. The Morgan fingerprint density at radius 1 is 1.29 bits per heavy atom. The standard InChI is InChI=1S/C13H26N4/c1-4-7-12(14-10-5-2)8-6-9-13-11-17(3)16-15-13/h11-12,14H,4-10H2,1-3H3. The Labute approximate surface area is 105 Å². The fraction of sp³-hybridized carbons (Fsp3) is 0.846. The van der Waals surface area contributed by atoms with Crippen molar-refractivity contribution in [2.24, 2.45) is 7.05 Å². The molecule has 1 atom stereocenters. The molecule has 0 saturated heterocycles. The Kier molecular flexibility index (Phi) is 6.86. The summed E-state index contributed by atoms with van der Waals surface area (Å²) in [6.45, 7) is 5.61. The third-order valence-electron chi connectivity index (χ3n) is 2.96. The van der Waals surface area contributed by atoms with Crippen LogP contribution in [0.5, 0.6) is 0 Å². The normalized spacial score (nSPS) is 12.9. The van der Waals surface area contributed by atoms with Crippen LogP contribution in [0.3, 0.4) is 0 Å². The van der Waals surface area contributed by atoms with E-state index in [2.05, 4.69) is 29.5 Å². The molecule has 0 aliphatic heterocycles. The monoisotopic (exact) mass is 238 g/mol. The Balaban J connectivity index is 2.21. The molecule has 0 amide bonds. The van der Waals surface area contributed by atoms with Gasteiger partial charge >= 0.3 is 0 Å². The molecule has 1 unspecified atom stereocenters. The van der Waals surface area contributed by atoms with Crippen molar-refractivity contribution in [3.8, 4) is 0 Å². The first kappa shape index (κ1) is 14.2. The average Bonchev–Trinajstić information content (AvgIpc) is 2.72. The molecule has 1 N–H and O–H groups in total. The van der Waals surface area contributed by atoms with Crippen LogP contribution in [0.1, 0.15) is 51.6 Å². The molecule has 0 aliphatic rings. The number of rotatable bonds is 9. The molecule has 0 fully saturated rings. The fourth-order valence-corrected chi connectivity index (χ4v) is 2.08. The van der Waals surface area contributed by atoms with E-state index < -0.39 is 0 Å². The lowest BCUT2D eigenvalue weighted by atomic mass is 10.0. The summed E-state index contributed by atoms with van der Waals surface area (Å²) in [5, 5.41) is 11.7. The first-order chi connectivity index (χ1) is 8.26. The molecule has 0 radical (unpaired) electrons. The minimum absolute atomic E-state index is 0.677. The van der Waals surface area contributed by atoms with Gasteiger partial charge in [0.15, 0.2) is 0 Å². The van der Waals surface area contributed by atoms with Crippen molar-refractivity contribution in [1.82, 2.24) is 20.3 Å². The molecule has 0 aliphatic carbocycles. The Bertz CT molecular complexity index is 295. The van der Waals surface area contributed by atoms with Gasteiger partial charge in [0.1, 0.15) is 0 Å². The number of hydrogen-bond donors (Lipinski definition) is 1. The quantitative estimate of drug-likeness (QED) is 0.718. The first-order valence-electron chi connectivity index (χ1n) is 6.84. The van der Waals surface area contributed by atoms with Crippen LogP contribution in [0.4, 0.5) is 0 Å². The largest absolute Gasteiger partial charge is 0.314 e. The highest BCUT2D eigenvalue weighted by Gasteiger charge is 2.07. The van der Waals surface area contributed by atoms with Gasteiger partial charge in [-0.1, -0.05) is 25.5 Å². The smallest absolute Gasteiger partial charge is 0.0827 e.